The van der Waals surface area contributed by atoms with Crippen LogP contribution in [0, 0.1) is 0 Å². The van der Waals surface area contributed by atoms with E-state index < -0.39 is 6.29 Å². The summed E-state index contributed by atoms with van der Waals surface area (Å²) in [5.74, 6) is 0.696. The molecule has 4 heteroatoms. The minimum absolute atomic E-state index is 0.0217. The quantitative estimate of drug-likeness (QED) is 0.413. The normalized spacial score (nSPS) is 11.8. The maximum Gasteiger partial charge on any atom is 0.263 e. The lowest BCUT2D eigenvalue weighted by Gasteiger charge is -2.18. The van der Waals surface area contributed by atoms with Gasteiger partial charge in [0.05, 0.1) is 19.5 Å². The van der Waals surface area contributed by atoms with Crippen molar-refractivity contribution in [2.75, 3.05) is 19.8 Å². The third kappa shape index (κ3) is 4.82. The summed E-state index contributed by atoms with van der Waals surface area (Å²) in [4.78, 5) is 0. The molecule has 1 aromatic rings. The summed E-state index contributed by atoms with van der Waals surface area (Å²) in [5, 5.41) is 8.57. The molecule has 0 amide bonds. The van der Waals surface area contributed by atoms with Crippen LogP contribution in [0.25, 0.3) is 0 Å². The van der Waals surface area contributed by atoms with Crippen LogP contribution in [0.1, 0.15) is 0 Å². The Bertz CT molecular complexity index is 286. The van der Waals surface area contributed by atoms with Crippen molar-refractivity contribution in [1.29, 1.82) is 0 Å². The number of para-hydroxylation sites is 1. The van der Waals surface area contributed by atoms with E-state index in [2.05, 4.69) is 6.58 Å². The molecule has 0 spiro atoms. The van der Waals surface area contributed by atoms with Crippen LogP contribution in [0.5, 0.6) is 5.75 Å². The Morgan fingerprint density at radius 1 is 1.31 bits per heavy atom. The molecule has 0 aliphatic heterocycles. The summed E-state index contributed by atoms with van der Waals surface area (Å²) in [5.41, 5.74) is 0. The molecule has 16 heavy (non-hydrogen) atoms. The van der Waals surface area contributed by atoms with E-state index in [0.717, 1.165) is 0 Å². The number of ether oxygens (including phenoxy) is 3. The van der Waals surface area contributed by atoms with Gasteiger partial charge in [-0.3, -0.25) is 0 Å². The second-order valence-corrected chi connectivity index (χ2v) is 2.96. The molecule has 88 valence electrons. The van der Waals surface area contributed by atoms with Crippen LogP contribution in [0.3, 0.4) is 0 Å². The summed E-state index contributed by atoms with van der Waals surface area (Å²) in [7, 11) is 0. The molecule has 0 saturated carbocycles. The van der Waals surface area contributed by atoms with Crippen molar-refractivity contribution in [1.82, 2.24) is 0 Å². The Morgan fingerprint density at radius 3 is 2.69 bits per heavy atom. The molecule has 0 aliphatic carbocycles. The van der Waals surface area contributed by atoms with Crippen LogP contribution >= 0.6 is 0 Å². The SMILES string of the molecule is C=COC(COCCO)Oc1ccccc1. The molecule has 0 aliphatic rings. The van der Waals surface area contributed by atoms with E-state index in [4.69, 9.17) is 19.3 Å². The highest BCUT2D eigenvalue weighted by Gasteiger charge is 2.09. The molecular weight excluding hydrogens is 208 g/mol. The van der Waals surface area contributed by atoms with E-state index in [9.17, 15) is 0 Å². The highest BCUT2D eigenvalue weighted by atomic mass is 16.7. The van der Waals surface area contributed by atoms with Gasteiger partial charge < -0.3 is 19.3 Å². The molecule has 0 radical (unpaired) electrons. The predicted molar refractivity (Wildman–Crippen MR) is 60.0 cm³/mol. The number of benzene rings is 1. The maximum atomic E-state index is 8.57. The third-order valence-corrected chi connectivity index (χ3v) is 1.75. The van der Waals surface area contributed by atoms with E-state index in [1.165, 1.54) is 6.26 Å². The standard InChI is InChI=1S/C12H16O4/c1-2-15-12(10-14-9-8-13)16-11-6-4-3-5-7-11/h2-7,12-13H,1,8-10H2. The topological polar surface area (TPSA) is 47.9 Å². The summed E-state index contributed by atoms with van der Waals surface area (Å²) in [6.07, 6.45) is 0.752. The molecule has 0 saturated heterocycles. The molecule has 0 fully saturated rings. The first-order valence-electron chi connectivity index (χ1n) is 5.03. The van der Waals surface area contributed by atoms with E-state index in [0.29, 0.717) is 5.75 Å². The van der Waals surface area contributed by atoms with Gasteiger partial charge in [0.15, 0.2) is 0 Å². The summed E-state index contributed by atoms with van der Waals surface area (Å²) < 4.78 is 15.8. The van der Waals surface area contributed by atoms with Crippen molar-refractivity contribution in [3.05, 3.63) is 43.2 Å². The van der Waals surface area contributed by atoms with E-state index in [1.807, 2.05) is 30.3 Å². The van der Waals surface area contributed by atoms with Crippen LogP contribution in [-0.2, 0) is 9.47 Å². The van der Waals surface area contributed by atoms with Crippen LogP contribution < -0.4 is 4.74 Å². The first-order valence-corrected chi connectivity index (χ1v) is 5.03. The van der Waals surface area contributed by atoms with Crippen molar-refractivity contribution < 1.29 is 19.3 Å². The second kappa shape index (κ2) is 7.73. The van der Waals surface area contributed by atoms with Gasteiger partial charge in [0.25, 0.3) is 6.29 Å². The van der Waals surface area contributed by atoms with Gasteiger partial charge in [-0.25, -0.2) is 0 Å². The third-order valence-electron chi connectivity index (χ3n) is 1.75. The summed E-state index contributed by atoms with van der Waals surface area (Å²) in [6.45, 7) is 3.94. The highest BCUT2D eigenvalue weighted by Crippen LogP contribution is 2.11. The zero-order valence-electron chi connectivity index (χ0n) is 9.04. The van der Waals surface area contributed by atoms with E-state index >= 15 is 0 Å². The molecule has 1 N–H and O–H groups in total. The lowest BCUT2D eigenvalue weighted by atomic mass is 10.3. The lowest BCUT2D eigenvalue weighted by molar-refractivity contribution is -0.0877. The minimum atomic E-state index is -0.550. The smallest absolute Gasteiger partial charge is 0.263 e. The monoisotopic (exact) mass is 224 g/mol. The second-order valence-electron chi connectivity index (χ2n) is 2.96. The van der Waals surface area contributed by atoms with Gasteiger partial charge >= 0.3 is 0 Å². The molecule has 1 unspecified atom stereocenters. The molecule has 1 atom stereocenters. The van der Waals surface area contributed by atoms with Crippen molar-refractivity contribution in [3.63, 3.8) is 0 Å². The summed E-state index contributed by atoms with van der Waals surface area (Å²) >= 11 is 0. The molecule has 1 aromatic carbocycles. The average molecular weight is 224 g/mol. The zero-order chi connectivity index (χ0) is 11.6. The van der Waals surface area contributed by atoms with Gasteiger partial charge in [0.2, 0.25) is 0 Å². The van der Waals surface area contributed by atoms with Crippen LogP contribution in [-0.4, -0.2) is 31.2 Å². The van der Waals surface area contributed by atoms with Crippen molar-refractivity contribution in [2.45, 2.75) is 6.29 Å². The number of aliphatic hydroxyl groups is 1. The van der Waals surface area contributed by atoms with Crippen molar-refractivity contribution in [2.24, 2.45) is 0 Å². The fourth-order valence-corrected chi connectivity index (χ4v) is 1.10. The van der Waals surface area contributed by atoms with Gasteiger partial charge in [-0.15, -0.1) is 0 Å². The Labute approximate surface area is 95.1 Å². The van der Waals surface area contributed by atoms with Gasteiger partial charge in [0, 0.05) is 0 Å². The number of hydrogen-bond acceptors (Lipinski definition) is 4. The van der Waals surface area contributed by atoms with Gasteiger partial charge in [0.1, 0.15) is 12.4 Å². The van der Waals surface area contributed by atoms with Gasteiger partial charge in [-0.05, 0) is 12.1 Å². The zero-order valence-corrected chi connectivity index (χ0v) is 9.04. The molecule has 0 bridgehead atoms. The molecule has 4 nitrogen and oxygen atoms in total. The Balaban J connectivity index is 2.41. The molecular formula is C12H16O4. The van der Waals surface area contributed by atoms with Gasteiger partial charge in [-0.2, -0.15) is 0 Å². The Morgan fingerprint density at radius 2 is 2.06 bits per heavy atom. The molecule has 0 aromatic heterocycles. The fourth-order valence-electron chi connectivity index (χ4n) is 1.10. The first-order chi connectivity index (χ1) is 7.86. The summed E-state index contributed by atoms with van der Waals surface area (Å²) in [6, 6.07) is 9.29. The van der Waals surface area contributed by atoms with Gasteiger partial charge in [-0.1, -0.05) is 24.8 Å². The number of hydrogen-bond donors (Lipinski definition) is 1. The Kier molecular flexibility index (Phi) is 6.06. The Hall–Kier alpha value is -1.52. The van der Waals surface area contributed by atoms with Crippen LogP contribution in [0.2, 0.25) is 0 Å². The maximum absolute atomic E-state index is 8.57. The fraction of sp³-hybridized carbons (Fsp3) is 0.333. The van der Waals surface area contributed by atoms with E-state index in [1.54, 1.807) is 0 Å². The average Bonchev–Trinajstić information content (AvgIpc) is 2.31. The lowest BCUT2D eigenvalue weighted by Crippen LogP contribution is -2.25. The minimum Gasteiger partial charge on any atom is -0.461 e. The van der Waals surface area contributed by atoms with Crippen LogP contribution in [0.15, 0.2) is 43.2 Å². The van der Waals surface area contributed by atoms with Crippen molar-refractivity contribution in [3.8, 4) is 5.75 Å². The molecule has 1 rings (SSSR count). The van der Waals surface area contributed by atoms with Crippen LogP contribution in [0.4, 0.5) is 0 Å². The van der Waals surface area contributed by atoms with Crippen molar-refractivity contribution >= 4 is 0 Å². The highest BCUT2D eigenvalue weighted by molar-refractivity contribution is 5.21. The number of aliphatic hydroxyl groups excluding tert-OH is 1. The largest absolute Gasteiger partial charge is 0.461 e. The van der Waals surface area contributed by atoms with E-state index in [-0.39, 0.29) is 19.8 Å². The number of rotatable bonds is 8. The molecule has 0 heterocycles. The first kappa shape index (κ1) is 12.5. The predicted octanol–water partition coefficient (Wildman–Crippen LogP) is 1.56.